The molecule has 0 atom stereocenters. The van der Waals surface area contributed by atoms with Gasteiger partial charge in [0.25, 0.3) is 0 Å². The lowest BCUT2D eigenvalue weighted by Gasteiger charge is -2.35. The Morgan fingerprint density at radius 3 is 2.35 bits per heavy atom. The highest BCUT2D eigenvalue weighted by Crippen LogP contribution is 2.16. The average Bonchev–Trinajstić information content (AvgIpc) is 2.48. The Balaban J connectivity index is 1.91. The highest BCUT2D eigenvalue weighted by atomic mass is 16.6. The van der Waals surface area contributed by atoms with Crippen LogP contribution < -0.4 is 4.74 Å². The Bertz CT molecular complexity index is 563. The van der Waals surface area contributed by atoms with Crippen LogP contribution >= 0.6 is 0 Å². The van der Waals surface area contributed by atoms with Gasteiger partial charge < -0.3 is 14.4 Å². The highest BCUT2D eigenvalue weighted by Gasteiger charge is 2.30. The molecule has 0 N–H and O–H groups in total. The van der Waals surface area contributed by atoms with E-state index in [0.29, 0.717) is 19.6 Å². The summed E-state index contributed by atoms with van der Waals surface area (Å²) in [6.45, 7) is 7.02. The predicted octanol–water partition coefficient (Wildman–Crippen LogP) is 2.27. The summed E-state index contributed by atoms with van der Waals surface area (Å²) in [7, 11) is 1.62. The van der Waals surface area contributed by atoms with Crippen molar-refractivity contribution in [2.24, 2.45) is 0 Å². The number of rotatable bonds is 3. The van der Waals surface area contributed by atoms with E-state index in [0.717, 1.165) is 11.3 Å². The van der Waals surface area contributed by atoms with Crippen molar-refractivity contribution < 1.29 is 19.1 Å². The Morgan fingerprint density at radius 1 is 1.17 bits per heavy atom. The summed E-state index contributed by atoms with van der Waals surface area (Å²) in [5, 5.41) is 0. The van der Waals surface area contributed by atoms with Crippen molar-refractivity contribution in [3.05, 3.63) is 29.8 Å². The van der Waals surface area contributed by atoms with E-state index in [1.54, 1.807) is 12.0 Å². The number of carbonyl (C=O) groups is 2. The van der Waals surface area contributed by atoms with Gasteiger partial charge in [-0.2, -0.15) is 0 Å². The van der Waals surface area contributed by atoms with Crippen LogP contribution in [-0.2, 0) is 16.1 Å². The van der Waals surface area contributed by atoms with E-state index in [1.165, 1.54) is 4.90 Å². The van der Waals surface area contributed by atoms with Gasteiger partial charge in [0, 0.05) is 19.6 Å². The number of nitrogens with zero attached hydrogens (tertiary/aromatic N) is 2. The molecule has 23 heavy (non-hydrogen) atoms. The largest absolute Gasteiger partial charge is 0.497 e. The number of ether oxygens (including phenoxy) is 2. The Hall–Kier alpha value is -2.24. The topological polar surface area (TPSA) is 59.1 Å². The lowest BCUT2D eigenvalue weighted by atomic mass is 10.2. The van der Waals surface area contributed by atoms with Gasteiger partial charge in [-0.15, -0.1) is 0 Å². The fourth-order valence-corrected chi connectivity index (χ4v) is 2.31. The number of methoxy groups -OCH3 is 1. The maximum Gasteiger partial charge on any atom is 0.410 e. The molecule has 6 nitrogen and oxygen atoms in total. The van der Waals surface area contributed by atoms with E-state index in [9.17, 15) is 9.59 Å². The minimum atomic E-state index is -0.555. The standard InChI is InChI=1S/C17H24N2O4/c1-17(2,3)23-16(21)19-10-9-18(15(20)12-19)11-13-5-7-14(22-4)8-6-13/h5-8H,9-12H2,1-4H3. The minimum Gasteiger partial charge on any atom is -0.497 e. The number of hydrogen-bond donors (Lipinski definition) is 0. The lowest BCUT2D eigenvalue weighted by molar-refractivity contribution is -0.136. The van der Waals surface area contributed by atoms with Crippen molar-refractivity contribution >= 4 is 12.0 Å². The van der Waals surface area contributed by atoms with Crippen LogP contribution in [0.5, 0.6) is 5.75 Å². The first-order valence-electron chi connectivity index (χ1n) is 7.67. The Labute approximate surface area is 137 Å². The predicted molar refractivity (Wildman–Crippen MR) is 86.2 cm³/mol. The first-order chi connectivity index (χ1) is 10.8. The van der Waals surface area contributed by atoms with Crippen LogP contribution in [0.2, 0.25) is 0 Å². The van der Waals surface area contributed by atoms with Gasteiger partial charge in [-0.05, 0) is 38.5 Å². The minimum absolute atomic E-state index is 0.0606. The van der Waals surface area contributed by atoms with E-state index in [4.69, 9.17) is 9.47 Å². The fourth-order valence-electron chi connectivity index (χ4n) is 2.31. The van der Waals surface area contributed by atoms with E-state index < -0.39 is 11.7 Å². The molecule has 2 rings (SSSR count). The summed E-state index contributed by atoms with van der Waals surface area (Å²) in [4.78, 5) is 27.5. The molecule has 1 heterocycles. The maximum atomic E-state index is 12.3. The number of carbonyl (C=O) groups excluding carboxylic acids is 2. The SMILES string of the molecule is COc1ccc(CN2CCN(C(=O)OC(C)(C)C)CC2=O)cc1. The first kappa shape index (κ1) is 17.1. The fraction of sp³-hybridized carbons (Fsp3) is 0.529. The van der Waals surface area contributed by atoms with Crippen molar-refractivity contribution in [2.45, 2.75) is 32.9 Å². The van der Waals surface area contributed by atoms with Crippen LogP contribution in [-0.4, -0.2) is 54.1 Å². The molecule has 1 aliphatic heterocycles. The number of benzene rings is 1. The second-order valence-corrected chi connectivity index (χ2v) is 6.57. The molecule has 1 aromatic rings. The molecule has 1 aromatic carbocycles. The molecule has 6 heteroatoms. The molecule has 0 radical (unpaired) electrons. The van der Waals surface area contributed by atoms with Crippen molar-refractivity contribution in [3.63, 3.8) is 0 Å². The van der Waals surface area contributed by atoms with Gasteiger partial charge in [0.2, 0.25) is 5.91 Å². The third-order valence-electron chi connectivity index (χ3n) is 3.50. The molecular formula is C17H24N2O4. The van der Waals surface area contributed by atoms with E-state index in [2.05, 4.69) is 0 Å². The van der Waals surface area contributed by atoms with Crippen LogP contribution in [0.1, 0.15) is 26.3 Å². The van der Waals surface area contributed by atoms with Crippen molar-refractivity contribution in [1.29, 1.82) is 0 Å². The van der Waals surface area contributed by atoms with Crippen LogP contribution in [0.15, 0.2) is 24.3 Å². The monoisotopic (exact) mass is 320 g/mol. The van der Waals surface area contributed by atoms with Gasteiger partial charge in [0.1, 0.15) is 17.9 Å². The van der Waals surface area contributed by atoms with Gasteiger partial charge in [0.05, 0.1) is 7.11 Å². The molecule has 1 saturated heterocycles. The third kappa shape index (κ3) is 4.87. The molecule has 2 amide bonds. The van der Waals surface area contributed by atoms with Crippen LogP contribution in [0.25, 0.3) is 0 Å². The maximum absolute atomic E-state index is 12.3. The number of hydrogen-bond acceptors (Lipinski definition) is 4. The second kappa shape index (κ2) is 6.89. The molecule has 0 bridgehead atoms. The summed E-state index contributed by atoms with van der Waals surface area (Å²) in [5.41, 5.74) is 0.477. The quantitative estimate of drug-likeness (QED) is 0.857. The summed E-state index contributed by atoms with van der Waals surface area (Å²) in [5.74, 6) is 0.716. The zero-order valence-electron chi connectivity index (χ0n) is 14.2. The lowest BCUT2D eigenvalue weighted by Crippen LogP contribution is -2.52. The van der Waals surface area contributed by atoms with Gasteiger partial charge >= 0.3 is 6.09 Å². The van der Waals surface area contributed by atoms with E-state index >= 15 is 0 Å². The highest BCUT2D eigenvalue weighted by molar-refractivity contribution is 5.83. The van der Waals surface area contributed by atoms with Gasteiger partial charge in [-0.1, -0.05) is 12.1 Å². The molecule has 0 saturated carbocycles. The summed E-state index contributed by atoms with van der Waals surface area (Å²) in [6, 6.07) is 7.62. The van der Waals surface area contributed by atoms with Crippen LogP contribution in [0.3, 0.4) is 0 Å². The zero-order chi connectivity index (χ0) is 17.0. The summed E-state index contributed by atoms with van der Waals surface area (Å²) >= 11 is 0. The molecule has 0 unspecified atom stereocenters. The average molecular weight is 320 g/mol. The van der Waals surface area contributed by atoms with E-state index in [1.807, 2.05) is 45.0 Å². The first-order valence-corrected chi connectivity index (χ1v) is 7.67. The van der Waals surface area contributed by atoms with Crippen molar-refractivity contribution in [2.75, 3.05) is 26.7 Å². The molecule has 1 fully saturated rings. The zero-order valence-corrected chi connectivity index (χ0v) is 14.2. The summed E-state index contributed by atoms with van der Waals surface area (Å²) < 4.78 is 10.4. The molecule has 0 aliphatic carbocycles. The molecule has 0 spiro atoms. The van der Waals surface area contributed by atoms with Gasteiger partial charge in [-0.3, -0.25) is 9.69 Å². The Morgan fingerprint density at radius 2 is 1.83 bits per heavy atom. The number of amides is 2. The molecule has 1 aliphatic rings. The van der Waals surface area contributed by atoms with E-state index in [-0.39, 0.29) is 12.5 Å². The van der Waals surface area contributed by atoms with Gasteiger partial charge in [0.15, 0.2) is 0 Å². The normalized spacial score (nSPS) is 15.6. The number of piperazine rings is 1. The molecule has 126 valence electrons. The van der Waals surface area contributed by atoms with Crippen LogP contribution in [0, 0.1) is 0 Å². The van der Waals surface area contributed by atoms with Crippen molar-refractivity contribution in [3.8, 4) is 5.75 Å². The summed E-state index contributed by atoms with van der Waals surface area (Å²) in [6.07, 6.45) is -0.435. The third-order valence-corrected chi connectivity index (χ3v) is 3.50. The Kier molecular flexibility index (Phi) is 5.13. The molecular weight excluding hydrogens is 296 g/mol. The smallest absolute Gasteiger partial charge is 0.410 e. The van der Waals surface area contributed by atoms with Crippen molar-refractivity contribution in [1.82, 2.24) is 9.80 Å². The molecule has 0 aromatic heterocycles. The van der Waals surface area contributed by atoms with Crippen LogP contribution in [0.4, 0.5) is 4.79 Å². The van der Waals surface area contributed by atoms with Gasteiger partial charge in [-0.25, -0.2) is 4.79 Å². The second-order valence-electron chi connectivity index (χ2n) is 6.57.